The van der Waals surface area contributed by atoms with E-state index in [2.05, 4.69) is 21.0 Å². The van der Waals surface area contributed by atoms with Crippen molar-refractivity contribution >= 4 is 56.9 Å². The second kappa shape index (κ2) is 9.76. The number of hydrogen-bond donors (Lipinski definition) is 1. The Bertz CT molecular complexity index is 1540. The molecule has 1 fully saturated rings. The Morgan fingerprint density at radius 2 is 2.06 bits per heavy atom. The number of amides is 1. The summed E-state index contributed by atoms with van der Waals surface area (Å²) >= 11 is 7.76. The molecule has 5 rings (SSSR count). The molecular weight excluding hydrogens is 503 g/mol. The first-order chi connectivity index (χ1) is 17.4. The van der Waals surface area contributed by atoms with Crippen molar-refractivity contribution in [3.8, 4) is 17.3 Å². The molecule has 182 valence electrons. The third kappa shape index (κ3) is 4.14. The Morgan fingerprint density at radius 3 is 2.78 bits per heavy atom. The van der Waals surface area contributed by atoms with Crippen molar-refractivity contribution in [2.75, 3.05) is 30.8 Å². The van der Waals surface area contributed by atoms with Gasteiger partial charge in [-0.05, 0) is 17.7 Å². The molecule has 1 N–H and O–H groups in total. The Morgan fingerprint density at radius 1 is 1.28 bits per heavy atom. The molecule has 2 aromatic carbocycles. The summed E-state index contributed by atoms with van der Waals surface area (Å²) in [4.78, 5) is 28.3. The lowest BCUT2D eigenvalue weighted by Gasteiger charge is -2.39. The molecule has 3 heterocycles. The highest BCUT2D eigenvalue weighted by atomic mass is 35.5. The van der Waals surface area contributed by atoms with E-state index in [1.54, 1.807) is 24.6 Å². The minimum atomic E-state index is -1.07. The maximum absolute atomic E-state index is 16.1. The van der Waals surface area contributed by atoms with Gasteiger partial charge in [-0.2, -0.15) is 5.26 Å². The van der Waals surface area contributed by atoms with Gasteiger partial charge in [0.15, 0.2) is 11.0 Å². The van der Waals surface area contributed by atoms with E-state index >= 15 is 4.39 Å². The fourth-order valence-electron chi connectivity index (χ4n) is 4.61. The van der Waals surface area contributed by atoms with Gasteiger partial charge in [-0.25, -0.2) is 19.2 Å². The van der Waals surface area contributed by atoms with Gasteiger partial charge in [0.05, 0.1) is 23.9 Å². The summed E-state index contributed by atoms with van der Waals surface area (Å²) in [5, 5.41) is 21.6. The van der Waals surface area contributed by atoms with Crippen LogP contribution in [0, 0.1) is 17.1 Å². The lowest BCUT2D eigenvalue weighted by Crippen LogP contribution is -2.55. The maximum atomic E-state index is 16.1. The van der Waals surface area contributed by atoms with E-state index in [1.165, 1.54) is 16.7 Å². The number of fused-ring (bicyclic) bond motifs is 2. The summed E-state index contributed by atoms with van der Waals surface area (Å²) in [6, 6.07) is 12.5. The molecule has 0 unspecified atom stereocenters. The molecule has 4 aromatic rings. The number of piperazine rings is 1. The number of pyridine rings is 1. The zero-order valence-corrected chi connectivity index (χ0v) is 20.7. The number of halogens is 2. The van der Waals surface area contributed by atoms with Crippen molar-refractivity contribution in [3.05, 3.63) is 53.4 Å². The second-order valence-corrected chi connectivity index (χ2v) is 9.48. The number of nitriles is 1. The van der Waals surface area contributed by atoms with Gasteiger partial charge in [0, 0.05) is 41.8 Å². The summed E-state index contributed by atoms with van der Waals surface area (Å²) in [6.07, 6.45) is 2.32. The van der Waals surface area contributed by atoms with Crippen molar-refractivity contribution < 1.29 is 14.3 Å². The fourth-order valence-corrected chi connectivity index (χ4v) is 5.26. The molecule has 1 aliphatic heterocycles. The van der Waals surface area contributed by atoms with Crippen molar-refractivity contribution in [3.63, 3.8) is 0 Å². The van der Waals surface area contributed by atoms with Gasteiger partial charge in [-0.15, -0.1) is 0 Å². The molecule has 1 amide bonds. The SMILES string of the molecule is CSc1nc(N2CCN(C(=O)O)[C@@H](CC#N)C2)c2cnc(-c3cccc4cccc(Cl)c34)c(F)c2n1. The third-order valence-corrected chi connectivity index (χ3v) is 7.15. The molecule has 0 aliphatic carbocycles. The molecular formula is C25H20ClFN6O2S. The van der Waals surface area contributed by atoms with Crippen LogP contribution in [0.2, 0.25) is 5.02 Å². The van der Waals surface area contributed by atoms with E-state index < -0.39 is 18.0 Å². The molecule has 11 heteroatoms. The quantitative estimate of drug-likeness (QED) is 0.279. The Hall–Kier alpha value is -3.68. The lowest BCUT2D eigenvalue weighted by molar-refractivity contribution is 0.119. The van der Waals surface area contributed by atoms with E-state index in [-0.39, 0.29) is 30.7 Å². The summed E-state index contributed by atoms with van der Waals surface area (Å²) in [5.74, 6) is -0.122. The number of benzene rings is 2. The molecule has 0 bridgehead atoms. The molecule has 2 aromatic heterocycles. The highest BCUT2D eigenvalue weighted by Crippen LogP contribution is 2.37. The molecule has 1 atom stereocenters. The molecule has 8 nitrogen and oxygen atoms in total. The van der Waals surface area contributed by atoms with Crippen LogP contribution in [0.1, 0.15) is 6.42 Å². The third-order valence-electron chi connectivity index (χ3n) is 6.29. The number of anilines is 1. The van der Waals surface area contributed by atoms with Gasteiger partial charge in [-0.3, -0.25) is 4.98 Å². The van der Waals surface area contributed by atoms with Gasteiger partial charge in [-0.1, -0.05) is 53.7 Å². The van der Waals surface area contributed by atoms with E-state index in [0.717, 1.165) is 5.39 Å². The van der Waals surface area contributed by atoms with Crippen LogP contribution in [0.15, 0.2) is 47.8 Å². The van der Waals surface area contributed by atoms with Crippen molar-refractivity contribution in [1.29, 1.82) is 5.26 Å². The predicted molar refractivity (Wildman–Crippen MR) is 138 cm³/mol. The normalized spacial score (nSPS) is 15.9. The first-order valence-corrected chi connectivity index (χ1v) is 12.7. The van der Waals surface area contributed by atoms with Crippen molar-refractivity contribution in [1.82, 2.24) is 19.9 Å². The summed E-state index contributed by atoms with van der Waals surface area (Å²) in [7, 11) is 0. The van der Waals surface area contributed by atoms with E-state index in [1.807, 2.05) is 29.2 Å². The van der Waals surface area contributed by atoms with E-state index in [0.29, 0.717) is 38.9 Å². The van der Waals surface area contributed by atoms with Crippen LogP contribution in [-0.2, 0) is 0 Å². The highest BCUT2D eigenvalue weighted by molar-refractivity contribution is 7.98. The number of aromatic nitrogens is 3. The number of hydrogen-bond acceptors (Lipinski definition) is 7. The average molecular weight is 523 g/mol. The summed E-state index contributed by atoms with van der Waals surface area (Å²) in [6.45, 7) is 0.794. The smallest absolute Gasteiger partial charge is 0.407 e. The average Bonchev–Trinajstić information content (AvgIpc) is 2.88. The number of thioether (sulfide) groups is 1. The topological polar surface area (TPSA) is 106 Å². The second-order valence-electron chi connectivity index (χ2n) is 8.30. The monoisotopic (exact) mass is 522 g/mol. The summed E-state index contributed by atoms with van der Waals surface area (Å²) in [5.41, 5.74) is 0.819. The van der Waals surface area contributed by atoms with Crippen LogP contribution in [0.25, 0.3) is 32.9 Å². The van der Waals surface area contributed by atoms with Crippen molar-refractivity contribution in [2.24, 2.45) is 0 Å². The molecule has 0 spiro atoms. The zero-order chi connectivity index (χ0) is 25.4. The number of rotatable bonds is 4. The molecule has 36 heavy (non-hydrogen) atoms. The van der Waals surface area contributed by atoms with Crippen LogP contribution < -0.4 is 4.90 Å². The van der Waals surface area contributed by atoms with Gasteiger partial charge in [0.25, 0.3) is 0 Å². The first kappa shape index (κ1) is 24.0. The molecule has 0 radical (unpaired) electrons. The zero-order valence-electron chi connectivity index (χ0n) is 19.2. The lowest BCUT2D eigenvalue weighted by atomic mass is 10.0. The van der Waals surface area contributed by atoms with Crippen molar-refractivity contribution in [2.45, 2.75) is 17.6 Å². The Balaban J connectivity index is 1.65. The molecule has 1 saturated heterocycles. The molecule has 1 aliphatic rings. The Labute approximate surface area is 215 Å². The van der Waals surface area contributed by atoms with Gasteiger partial charge < -0.3 is 14.9 Å². The fraction of sp³-hybridized carbons (Fsp3) is 0.240. The van der Waals surface area contributed by atoms with Gasteiger partial charge in [0.2, 0.25) is 0 Å². The minimum Gasteiger partial charge on any atom is -0.465 e. The first-order valence-electron chi connectivity index (χ1n) is 11.1. The molecule has 0 saturated carbocycles. The predicted octanol–water partition coefficient (Wildman–Crippen LogP) is 5.44. The van der Waals surface area contributed by atoms with Gasteiger partial charge >= 0.3 is 6.09 Å². The van der Waals surface area contributed by atoms with Crippen LogP contribution in [-0.4, -0.2) is 63.0 Å². The highest BCUT2D eigenvalue weighted by Gasteiger charge is 2.32. The Kier molecular flexibility index (Phi) is 6.51. The van der Waals surface area contributed by atoms with E-state index in [4.69, 9.17) is 11.6 Å². The number of carboxylic acid groups (broad SMARTS) is 1. The minimum absolute atomic E-state index is 0.0415. The van der Waals surface area contributed by atoms with Crippen LogP contribution in [0.3, 0.4) is 0 Å². The van der Waals surface area contributed by atoms with E-state index in [9.17, 15) is 15.2 Å². The largest absolute Gasteiger partial charge is 0.465 e. The number of carbonyl (C=O) groups is 1. The maximum Gasteiger partial charge on any atom is 0.407 e. The standard InChI is InChI=1S/C25H20ClFN6O2S/c1-36-24-30-22-17(23(31-24)32-10-11-33(25(34)35)15(13-32)8-9-28)12-29-21(20(22)27)16-6-2-4-14-5-3-7-18(26)19(14)16/h2-7,12,15H,8,10-11,13H2,1H3,(H,34,35)/t15-/m0/s1. The van der Waals surface area contributed by atoms with Crippen LogP contribution >= 0.6 is 23.4 Å². The summed E-state index contributed by atoms with van der Waals surface area (Å²) < 4.78 is 16.1. The van der Waals surface area contributed by atoms with Crippen LogP contribution in [0.4, 0.5) is 15.0 Å². The number of nitrogens with zero attached hydrogens (tertiary/aromatic N) is 6. The van der Waals surface area contributed by atoms with Gasteiger partial charge in [0.1, 0.15) is 17.0 Å². The van der Waals surface area contributed by atoms with Crippen LogP contribution in [0.5, 0.6) is 0 Å².